The van der Waals surface area contributed by atoms with Crippen molar-refractivity contribution in [3.05, 3.63) is 35.9 Å². The number of benzene rings is 1. The van der Waals surface area contributed by atoms with Gasteiger partial charge in [0, 0.05) is 6.61 Å². The van der Waals surface area contributed by atoms with Crippen LogP contribution in [-0.2, 0) is 14.3 Å². The summed E-state index contributed by atoms with van der Waals surface area (Å²) in [5.74, 6) is -0.157. The predicted octanol–water partition coefficient (Wildman–Crippen LogP) is 0.863. The Morgan fingerprint density at radius 3 is 2.65 bits per heavy atom. The van der Waals surface area contributed by atoms with Crippen molar-refractivity contribution < 1.29 is 14.3 Å². The second kappa shape index (κ2) is 5.25. The maximum absolute atomic E-state index is 12.3. The van der Waals surface area contributed by atoms with Crippen LogP contribution in [0.1, 0.15) is 24.9 Å². The quantitative estimate of drug-likeness (QED) is 0.870. The third-order valence-corrected chi connectivity index (χ3v) is 4.04. The largest absolute Gasteiger partial charge is 0.376 e. The van der Waals surface area contributed by atoms with Gasteiger partial charge in [-0.25, -0.2) is 0 Å². The van der Waals surface area contributed by atoms with Crippen LogP contribution < -0.4 is 5.32 Å². The molecule has 2 aliphatic heterocycles. The first-order valence-corrected chi connectivity index (χ1v) is 6.94. The summed E-state index contributed by atoms with van der Waals surface area (Å²) in [6.07, 6.45) is 0.750. The number of ether oxygens (including phenoxy) is 1. The molecule has 0 spiro atoms. The fourth-order valence-electron chi connectivity index (χ4n) is 3.03. The molecule has 3 atom stereocenters. The SMILES string of the molecule is CC1OCCC1N1C(=O)CNC(=O)C1c1ccccc1. The van der Waals surface area contributed by atoms with E-state index < -0.39 is 6.04 Å². The Labute approximate surface area is 117 Å². The number of nitrogens with one attached hydrogen (secondary N) is 1. The van der Waals surface area contributed by atoms with Gasteiger partial charge in [0.1, 0.15) is 6.04 Å². The minimum absolute atomic E-state index is 0.0289. The highest BCUT2D eigenvalue weighted by molar-refractivity contribution is 5.95. The highest BCUT2D eigenvalue weighted by Crippen LogP contribution is 2.31. The zero-order valence-electron chi connectivity index (χ0n) is 11.4. The lowest BCUT2D eigenvalue weighted by atomic mass is 9.98. The van der Waals surface area contributed by atoms with Crippen molar-refractivity contribution >= 4 is 11.8 Å². The van der Waals surface area contributed by atoms with Crippen molar-refractivity contribution in [2.45, 2.75) is 31.5 Å². The Kier molecular flexibility index (Phi) is 3.44. The smallest absolute Gasteiger partial charge is 0.247 e. The lowest BCUT2D eigenvalue weighted by Crippen LogP contribution is -2.58. The van der Waals surface area contributed by atoms with Gasteiger partial charge >= 0.3 is 0 Å². The Morgan fingerprint density at radius 1 is 1.25 bits per heavy atom. The summed E-state index contributed by atoms with van der Waals surface area (Å²) in [5, 5.41) is 2.68. The standard InChI is InChI=1S/C15H18N2O3/c1-10-12(7-8-20-10)17-13(18)9-16-15(19)14(17)11-5-3-2-4-6-11/h2-6,10,12,14H,7-9H2,1H3,(H,16,19). The van der Waals surface area contributed by atoms with Crippen LogP contribution in [0.5, 0.6) is 0 Å². The molecule has 20 heavy (non-hydrogen) atoms. The molecule has 1 N–H and O–H groups in total. The van der Waals surface area contributed by atoms with E-state index in [1.165, 1.54) is 0 Å². The van der Waals surface area contributed by atoms with E-state index in [4.69, 9.17) is 4.74 Å². The third kappa shape index (κ3) is 2.18. The molecule has 3 rings (SSSR count). The molecular formula is C15H18N2O3. The van der Waals surface area contributed by atoms with Gasteiger partial charge in [-0.3, -0.25) is 9.59 Å². The summed E-state index contributed by atoms with van der Waals surface area (Å²) in [6, 6.07) is 8.86. The zero-order chi connectivity index (χ0) is 14.1. The van der Waals surface area contributed by atoms with E-state index in [0.29, 0.717) is 6.61 Å². The van der Waals surface area contributed by atoms with E-state index in [9.17, 15) is 9.59 Å². The van der Waals surface area contributed by atoms with Gasteiger partial charge in [-0.2, -0.15) is 0 Å². The molecule has 2 saturated heterocycles. The summed E-state index contributed by atoms with van der Waals surface area (Å²) < 4.78 is 5.56. The Morgan fingerprint density at radius 2 is 2.00 bits per heavy atom. The summed E-state index contributed by atoms with van der Waals surface area (Å²) in [4.78, 5) is 26.3. The maximum Gasteiger partial charge on any atom is 0.247 e. The summed E-state index contributed by atoms with van der Waals surface area (Å²) in [5.41, 5.74) is 0.845. The third-order valence-electron chi connectivity index (χ3n) is 4.04. The first-order valence-electron chi connectivity index (χ1n) is 6.94. The van der Waals surface area contributed by atoms with Crippen molar-refractivity contribution in [2.24, 2.45) is 0 Å². The molecule has 0 aromatic heterocycles. The van der Waals surface area contributed by atoms with Crippen molar-refractivity contribution in [2.75, 3.05) is 13.2 Å². The van der Waals surface area contributed by atoms with Crippen LogP contribution >= 0.6 is 0 Å². The average molecular weight is 274 g/mol. The summed E-state index contributed by atoms with van der Waals surface area (Å²) in [6.45, 7) is 2.67. The lowest BCUT2D eigenvalue weighted by Gasteiger charge is -2.40. The van der Waals surface area contributed by atoms with E-state index >= 15 is 0 Å². The van der Waals surface area contributed by atoms with Crippen LogP contribution in [0.2, 0.25) is 0 Å². The number of piperazine rings is 1. The molecular weight excluding hydrogens is 256 g/mol. The Hall–Kier alpha value is -1.88. The second-order valence-corrected chi connectivity index (χ2v) is 5.26. The summed E-state index contributed by atoms with van der Waals surface area (Å²) >= 11 is 0. The fraction of sp³-hybridized carbons (Fsp3) is 0.467. The van der Waals surface area contributed by atoms with Gasteiger partial charge in [0.15, 0.2) is 0 Å². The maximum atomic E-state index is 12.3. The number of nitrogens with zero attached hydrogens (tertiary/aromatic N) is 1. The second-order valence-electron chi connectivity index (χ2n) is 5.26. The molecule has 0 bridgehead atoms. The number of rotatable bonds is 2. The van der Waals surface area contributed by atoms with Crippen LogP contribution in [0.3, 0.4) is 0 Å². The Balaban J connectivity index is 1.97. The van der Waals surface area contributed by atoms with Gasteiger partial charge in [0.25, 0.3) is 0 Å². The van der Waals surface area contributed by atoms with Gasteiger partial charge in [0.2, 0.25) is 11.8 Å². The molecule has 5 nitrogen and oxygen atoms in total. The minimum atomic E-state index is -0.549. The van der Waals surface area contributed by atoms with E-state index in [0.717, 1.165) is 12.0 Å². The number of carbonyl (C=O) groups is 2. The number of carbonyl (C=O) groups excluding carboxylic acids is 2. The van der Waals surface area contributed by atoms with Crippen LogP contribution in [0.25, 0.3) is 0 Å². The minimum Gasteiger partial charge on any atom is -0.376 e. The number of hydrogen-bond donors (Lipinski definition) is 1. The van der Waals surface area contributed by atoms with Crippen molar-refractivity contribution in [1.82, 2.24) is 10.2 Å². The molecule has 1 aromatic carbocycles. The molecule has 2 fully saturated rings. The van der Waals surface area contributed by atoms with Crippen molar-refractivity contribution in [1.29, 1.82) is 0 Å². The van der Waals surface area contributed by atoms with Crippen LogP contribution in [0, 0.1) is 0 Å². The summed E-state index contributed by atoms with van der Waals surface area (Å²) in [7, 11) is 0. The van der Waals surface area contributed by atoms with Gasteiger partial charge in [0.05, 0.1) is 18.7 Å². The fourth-order valence-corrected chi connectivity index (χ4v) is 3.03. The molecule has 3 unspecified atom stereocenters. The molecule has 0 saturated carbocycles. The van der Waals surface area contributed by atoms with Crippen LogP contribution in [0.15, 0.2) is 30.3 Å². The predicted molar refractivity (Wildman–Crippen MR) is 72.9 cm³/mol. The molecule has 5 heteroatoms. The lowest BCUT2D eigenvalue weighted by molar-refractivity contribution is -0.149. The molecule has 106 valence electrons. The first kappa shape index (κ1) is 13.1. The highest BCUT2D eigenvalue weighted by Gasteiger charge is 2.43. The number of amides is 2. The van der Waals surface area contributed by atoms with Gasteiger partial charge in [-0.15, -0.1) is 0 Å². The zero-order valence-corrected chi connectivity index (χ0v) is 11.4. The van der Waals surface area contributed by atoms with E-state index in [2.05, 4.69) is 5.32 Å². The van der Waals surface area contributed by atoms with Gasteiger partial charge in [-0.1, -0.05) is 30.3 Å². The van der Waals surface area contributed by atoms with E-state index in [1.54, 1.807) is 4.90 Å². The topological polar surface area (TPSA) is 58.6 Å². The normalized spacial score (nSPS) is 30.4. The molecule has 2 aliphatic rings. The van der Waals surface area contributed by atoms with E-state index in [-0.39, 0.29) is 30.5 Å². The molecule has 2 heterocycles. The van der Waals surface area contributed by atoms with Crippen molar-refractivity contribution in [3.8, 4) is 0 Å². The molecule has 0 radical (unpaired) electrons. The van der Waals surface area contributed by atoms with Crippen LogP contribution in [0.4, 0.5) is 0 Å². The molecule has 1 aromatic rings. The van der Waals surface area contributed by atoms with Crippen molar-refractivity contribution in [3.63, 3.8) is 0 Å². The highest BCUT2D eigenvalue weighted by atomic mass is 16.5. The Bertz CT molecular complexity index is 517. The monoisotopic (exact) mass is 274 g/mol. The average Bonchev–Trinajstić information content (AvgIpc) is 2.88. The number of hydrogen-bond acceptors (Lipinski definition) is 3. The van der Waals surface area contributed by atoms with Crippen LogP contribution in [-0.4, -0.2) is 42.0 Å². The molecule has 2 amide bonds. The first-order chi connectivity index (χ1) is 9.68. The van der Waals surface area contributed by atoms with E-state index in [1.807, 2.05) is 37.3 Å². The van der Waals surface area contributed by atoms with Gasteiger partial charge in [-0.05, 0) is 18.9 Å². The molecule has 0 aliphatic carbocycles. The van der Waals surface area contributed by atoms with Gasteiger partial charge < -0.3 is 15.0 Å².